The zero-order valence-electron chi connectivity index (χ0n) is 11.6. The molecule has 1 atom stereocenters. The van der Waals surface area contributed by atoms with E-state index in [4.69, 9.17) is 0 Å². The molecule has 1 aliphatic rings. The Morgan fingerprint density at radius 1 is 1.10 bits per heavy atom. The minimum atomic E-state index is -0.849. The van der Waals surface area contributed by atoms with E-state index in [-0.39, 0.29) is 6.04 Å². The molecule has 0 bridgehead atoms. The van der Waals surface area contributed by atoms with Gasteiger partial charge in [-0.1, -0.05) is 12.8 Å². The van der Waals surface area contributed by atoms with Crippen molar-refractivity contribution in [2.75, 3.05) is 13.1 Å². The van der Waals surface area contributed by atoms with E-state index in [2.05, 4.69) is 21.8 Å². The van der Waals surface area contributed by atoms with Crippen molar-refractivity contribution < 1.29 is 8.78 Å². The number of hydrogen-bond acceptors (Lipinski definition) is 2. The van der Waals surface area contributed by atoms with Crippen LogP contribution in [-0.2, 0) is 0 Å². The van der Waals surface area contributed by atoms with Gasteiger partial charge >= 0.3 is 0 Å². The summed E-state index contributed by atoms with van der Waals surface area (Å²) in [5, 5.41) is 0. The Morgan fingerprint density at radius 3 is 2.45 bits per heavy atom. The summed E-state index contributed by atoms with van der Waals surface area (Å²) in [7, 11) is 0. The van der Waals surface area contributed by atoms with Gasteiger partial charge in [-0.3, -0.25) is 4.90 Å². The Hall–Kier alpha value is -1.49. The number of likely N-dealkylation sites (tertiary alicyclic amines) is 1. The van der Waals surface area contributed by atoms with Gasteiger partial charge in [0.2, 0.25) is 0 Å². The van der Waals surface area contributed by atoms with Crippen LogP contribution in [0.25, 0.3) is 11.0 Å². The number of aromatic amines is 1. The van der Waals surface area contributed by atoms with Crippen molar-refractivity contribution in [1.82, 2.24) is 14.9 Å². The maximum Gasteiger partial charge on any atom is 0.161 e. The standard InChI is InChI=1S/C15H19F2N3/c1-10(20-6-4-2-3-5-7-20)15-18-13-8-11(16)12(17)9-14(13)19-15/h8-10H,2-7H2,1H3,(H,18,19). The number of fused-ring (bicyclic) bond motifs is 1. The molecule has 0 saturated carbocycles. The summed E-state index contributed by atoms with van der Waals surface area (Å²) in [6, 6.07) is 2.47. The fourth-order valence-electron chi connectivity index (χ4n) is 2.88. The topological polar surface area (TPSA) is 31.9 Å². The third-order valence-electron chi connectivity index (χ3n) is 4.13. The van der Waals surface area contributed by atoms with Crippen LogP contribution >= 0.6 is 0 Å². The first-order valence-electron chi connectivity index (χ1n) is 7.24. The molecule has 1 saturated heterocycles. The van der Waals surface area contributed by atoms with Crippen molar-refractivity contribution in [2.45, 2.75) is 38.6 Å². The van der Waals surface area contributed by atoms with Gasteiger partial charge in [-0.05, 0) is 32.9 Å². The van der Waals surface area contributed by atoms with E-state index in [1.165, 1.54) is 31.7 Å². The number of rotatable bonds is 2. The fourth-order valence-corrected chi connectivity index (χ4v) is 2.88. The summed E-state index contributed by atoms with van der Waals surface area (Å²) in [4.78, 5) is 9.92. The Morgan fingerprint density at radius 2 is 1.75 bits per heavy atom. The third-order valence-corrected chi connectivity index (χ3v) is 4.13. The zero-order chi connectivity index (χ0) is 14.1. The van der Waals surface area contributed by atoms with Gasteiger partial charge in [0.05, 0.1) is 17.1 Å². The number of nitrogens with one attached hydrogen (secondary N) is 1. The number of benzene rings is 1. The average Bonchev–Trinajstić information content (AvgIpc) is 2.66. The van der Waals surface area contributed by atoms with Gasteiger partial charge in [-0.25, -0.2) is 13.8 Å². The Labute approximate surface area is 117 Å². The first-order valence-corrected chi connectivity index (χ1v) is 7.24. The molecule has 3 rings (SSSR count). The van der Waals surface area contributed by atoms with Gasteiger partial charge in [0, 0.05) is 12.1 Å². The van der Waals surface area contributed by atoms with Crippen LogP contribution in [0, 0.1) is 11.6 Å². The maximum absolute atomic E-state index is 13.2. The van der Waals surface area contributed by atoms with Gasteiger partial charge in [-0.2, -0.15) is 0 Å². The lowest BCUT2D eigenvalue weighted by atomic mass is 10.2. The second kappa shape index (κ2) is 5.48. The summed E-state index contributed by atoms with van der Waals surface area (Å²) in [6.07, 6.45) is 4.96. The molecule has 0 radical (unpaired) electrons. The Kier molecular flexibility index (Phi) is 3.70. The van der Waals surface area contributed by atoms with E-state index in [9.17, 15) is 8.78 Å². The second-order valence-electron chi connectivity index (χ2n) is 5.53. The minimum Gasteiger partial charge on any atom is -0.341 e. The molecule has 2 heterocycles. The molecule has 108 valence electrons. The third kappa shape index (κ3) is 2.54. The van der Waals surface area contributed by atoms with Gasteiger partial charge in [-0.15, -0.1) is 0 Å². The Balaban J connectivity index is 1.88. The summed E-state index contributed by atoms with van der Waals surface area (Å²) in [5.41, 5.74) is 1.04. The number of imidazole rings is 1. The molecule has 3 nitrogen and oxygen atoms in total. The predicted octanol–water partition coefficient (Wildman–Crippen LogP) is 3.78. The normalized spacial score (nSPS) is 19.1. The molecule has 0 aliphatic carbocycles. The quantitative estimate of drug-likeness (QED) is 0.907. The van der Waals surface area contributed by atoms with Crippen molar-refractivity contribution >= 4 is 11.0 Å². The van der Waals surface area contributed by atoms with Crippen LogP contribution in [0.1, 0.15) is 44.5 Å². The fraction of sp³-hybridized carbons (Fsp3) is 0.533. The van der Waals surface area contributed by atoms with E-state index >= 15 is 0 Å². The molecule has 1 aromatic carbocycles. The highest BCUT2D eigenvalue weighted by Gasteiger charge is 2.20. The Bertz CT molecular complexity index is 561. The van der Waals surface area contributed by atoms with Crippen molar-refractivity contribution in [3.63, 3.8) is 0 Å². The molecule has 1 N–H and O–H groups in total. The van der Waals surface area contributed by atoms with Crippen molar-refractivity contribution in [3.8, 4) is 0 Å². The molecule has 0 spiro atoms. The highest BCUT2D eigenvalue weighted by Crippen LogP contribution is 2.24. The van der Waals surface area contributed by atoms with Gasteiger partial charge in [0.25, 0.3) is 0 Å². The lowest BCUT2D eigenvalue weighted by molar-refractivity contribution is 0.212. The molecule has 1 fully saturated rings. The van der Waals surface area contributed by atoms with Crippen LogP contribution in [0.3, 0.4) is 0 Å². The van der Waals surface area contributed by atoms with Crippen LogP contribution < -0.4 is 0 Å². The highest BCUT2D eigenvalue weighted by molar-refractivity contribution is 5.75. The molecule has 1 aliphatic heterocycles. The number of aromatic nitrogens is 2. The molecule has 1 unspecified atom stereocenters. The molecule has 0 amide bonds. The summed E-state index contributed by atoms with van der Waals surface area (Å²) in [6.45, 7) is 4.21. The van der Waals surface area contributed by atoms with Gasteiger partial charge in [0.1, 0.15) is 5.82 Å². The number of hydrogen-bond donors (Lipinski definition) is 1. The monoisotopic (exact) mass is 279 g/mol. The van der Waals surface area contributed by atoms with Gasteiger partial charge in [0.15, 0.2) is 11.6 Å². The van der Waals surface area contributed by atoms with E-state index in [1.807, 2.05) is 0 Å². The molecule has 1 aromatic heterocycles. The molecular formula is C15H19F2N3. The lowest BCUT2D eigenvalue weighted by Gasteiger charge is -2.25. The SMILES string of the molecule is CC(c1nc2cc(F)c(F)cc2[nH]1)N1CCCCCC1. The summed E-state index contributed by atoms with van der Waals surface area (Å²) in [5.74, 6) is -0.903. The van der Waals surface area contributed by atoms with E-state index < -0.39 is 11.6 Å². The predicted molar refractivity (Wildman–Crippen MR) is 74.5 cm³/mol. The lowest BCUT2D eigenvalue weighted by Crippen LogP contribution is -2.28. The first kappa shape index (κ1) is 13.5. The summed E-state index contributed by atoms with van der Waals surface area (Å²) >= 11 is 0. The van der Waals surface area contributed by atoms with Crippen LogP contribution in [0.4, 0.5) is 8.78 Å². The van der Waals surface area contributed by atoms with Crippen molar-refractivity contribution in [3.05, 3.63) is 29.6 Å². The first-order chi connectivity index (χ1) is 9.65. The van der Waals surface area contributed by atoms with Crippen molar-refractivity contribution in [1.29, 1.82) is 0 Å². The molecule has 5 heteroatoms. The smallest absolute Gasteiger partial charge is 0.161 e. The minimum absolute atomic E-state index is 0.145. The molecule has 2 aromatic rings. The van der Waals surface area contributed by atoms with Crippen LogP contribution in [0.2, 0.25) is 0 Å². The maximum atomic E-state index is 13.2. The highest BCUT2D eigenvalue weighted by atomic mass is 19.2. The molecular weight excluding hydrogens is 260 g/mol. The van der Waals surface area contributed by atoms with E-state index in [1.54, 1.807) is 0 Å². The zero-order valence-corrected chi connectivity index (χ0v) is 11.6. The van der Waals surface area contributed by atoms with E-state index in [0.717, 1.165) is 25.0 Å². The van der Waals surface area contributed by atoms with Gasteiger partial charge < -0.3 is 4.98 Å². The number of halogens is 2. The van der Waals surface area contributed by atoms with Crippen LogP contribution in [-0.4, -0.2) is 28.0 Å². The van der Waals surface area contributed by atoms with Crippen LogP contribution in [0.5, 0.6) is 0 Å². The number of H-pyrrole nitrogens is 1. The largest absolute Gasteiger partial charge is 0.341 e. The van der Waals surface area contributed by atoms with Crippen LogP contribution in [0.15, 0.2) is 12.1 Å². The average molecular weight is 279 g/mol. The summed E-state index contributed by atoms with van der Waals surface area (Å²) < 4.78 is 26.5. The second-order valence-corrected chi connectivity index (χ2v) is 5.53. The molecule has 20 heavy (non-hydrogen) atoms. The van der Waals surface area contributed by atoms with E-state index in [0.29, 0.717) is 11.0 Å². The number of nitrogens with zero attached hydrogens (tertiary/aromatic N) is 2. The van der Waals surface area contributed by atoms with Crippen molar-refractivity contribution in [2.24, 2.45) is 0 Å².